The third-order valence-electron chi connectivity index (χ3n) is 2.56. The number of nitrogens with zero attached hydrogens (tertiary/aromatic N) is 2. The van der Waals surface area contributed by atoms with Crippen LogP contribution in [-0.2, 0) is 13.5 Å². The van der Waals surface area contributed by atoms with E-state index in [2.05, 4.69) is 10.4 Å². The Bertz CT molecular complexity index is 603. The number of hydrogen-bond acceptors (Lipinski definition) is 3. The van der Waals surface area contributed by atoms with E-state index >= 15 is 0 Å². The second-order valence-electron chi connectivity index (χ2n) is 4.20. The maximum absolute atomic E-state index is 11.9. The largest absolute Gasteiger partial charge is 0.393 e. The number of anilines is 1. The average molecular weight is 274 g/mol. The van der Waals surface area contributed by atoms with Gasteiger partial charge >= 0.3 is 0 Å². The van der Waals surface area contributed by atoms with Crippen LogP contribution in [0.5, 0.6) is 0 Å². The Labute approximate surface area is 116 Å². The molecule has 0 aliphatic carbocycles. The first-order valence-corrected chi connectivity index (χ1v) is 6.12. The SMILES string of the molecule is Cn1cc(C(=O)Nc2ccc(CC(N)=S)cc2)cn1. The molecular formula is C13H14N4OS. The maximum atomic E-state index is 11.9. The zero-order valence-corrected chi connectivity index (χ0v) is 11.3. The third kappa shape index (κ3) is 3.62. The quantitative estimate of drug-likeness (QED) is 0.829. The zero-order chi connectivity index (χ0) is 13.8. The number of aryl methyl sites for hydroxylation is 1. The summed E-state index contributed by atoms with van der Waals surface area (Å²) in [7, 11) is 1.77. The lowest BCUT2D eigenvalue weighted by Gasteiger charge is -2.05. The van der Waals surface area contributed by atoms with Crippen LogP contribution in [0.1, 0.15) is 15.9 Å². The molecule has 0 saturated heterocycles. The van der Waals surface area contributed by atoms with Gasteiger partial charge in [0.1, 0.15) is 0 Å². The molecule has 1 aromatic heterocycles. The Balaban J connectivity index is 2.03. The van der Waals surface area contributed by atoms with Gasteiger partial charge in [0.05, 0.1) is 16.7 Å². The van der Waals surface area contributed by atoms with Crippen molar-refractivity contribution in [3.8, 4) is 0 Å². The summed E-state index contributed by atoms with van der Waals surface area (Å²) < 4.78 is 1.58. The summed E-state index contributed by atoms with van der Waals surface area (Å²) in [5, 5.41) is 6.75. The third-order valence-corrected chi connectivity index (χ3v) is 2.70. The second-order valence-corrected chi connectivity index (χ2v) is 4.72. The molecule has 0 aliphatic rings. The van der Waals surface area contributed by atoms with Crippen molar-refractivity contribution >= 4 is 28.8 Å². The van der Waals surface area contributed by atoms with Crippen molar-refractivity contribution in [2.75, 3.05) is 5.32 Å². The molecule has 1 heterocycles. The zero-order valence-electron chi connectivity index (χ0n) is 10.5. The standard InChI is InChI=1S/C13H14N4OS/c1-17-8-10(7-15-17)13(18)16-11-4-2-9(3-5-11)6-12(14)19/h2-5,7-8H,6H2,1H3,(H2,14,19)(H,16,18). The van der Waals surface area contributed by atoms with Gasteiger partial charge in [-0.1, -0.05) is 24.4 Å². The van der Waals surface area contributed by atoms with Crippen LogP contribution in [0.4, 0.5) is 5.69 Å². The van der Waals surface area contributed by atoms with E-state index in [1.165, 1.54) is 6.20 Å². The molecule has 0 fully saturated rings. The van der Waals surface area contributed by atoms with E-state index in [0.717, 1.165) is 11.3 Å². The molecule has 0 saturated carbocycles. The fourth-order valence-corrected chi connectivity index (χ4v) is 1.82. The van der Waals surface area contributed by atoms with Gasteiger partial charge in [-0.2, -0.15) is 5.10 Å². The summed E-state index contributed by atoms with van der Waals surface area (Å²) in [6.07, 6.45) is 3.75. The summed E-state index contributed by atoms with van der Waals surface area (Å²) in [6, 6.07) is 7.42. The van der Waals surface area contributed by atoms with Gasteiger partial charge in [0.2, 0.25) is 0 Å². The Hall–Kier alpha value is -2.21. The molecule has 5 nitrogen and oxygen atoms in total. The monoisotopic (exact) mass is 274 g/mol. The molecule has 6 heteroatoms. The molecule has 1 aromatic carbocycles. The maximum Gasteiger partial charge on any atom is 0.258 e. The fourth-order valence-electron chi connectivity index (χ4n) is 1.65. The molecule has 2 aromatic rings. The van der Waals surface area contributed by atoms with Gasteiger partial charge in [0.15, 0.2) is 0 Å². The number of carbonyl (C=O) groups is 1. The number of benzene rings is 1. The normalized spacial score (nSPS) is 10.2. The fraction of sp³-hybridized carbons (Fsp3) is 0.154. The summed E-state index contributed by atoms with van der Waals surface area (Å²) >= 11 is 4.85. The first-order valence-electron chi connectivity index (χ1n) is 5.72. The summed E-state index contributed by atoms with van der Waals surface area (Å²) in [5.74, 6) is -0.185. The lowest BCUT2D eigenvalue weighted by atomic mass is 10.1. The number of nitrogens with two attached hydrogens (primary N) is 1. The summed E-state index contributed by atoms with van der Waals surface area (Å²) in [4.78, 5) is 12.3. The molecule has 0 unspecified atom stereocenters. The predicted molar refractivity (Wildman–Crippen MR) is 78.1 cm³/mol. The first kappa shape index (κ1) is 13.2. The molecule has 19 heavy (non-hydrogen) atoms. The van der Waals surface area contributed by atoms with Crippen LogP contribution in [-0.4, -0.2) is 20.7 Å². The van der Waals surface area contributed by atoms with Gasteiger partial charge in [-0.05, 0) is 17.7 Å². The van der Waals surface area contributed by atoms with Gasteiger partial charge in [-0.25, -0.2) is 0 Å². The van der Waals surface area contributed by atoms with E-state index in [-0.39, 0.29) is 5.91 Å². The molecule has 2 rings (SSSR count). The molecule has 0 atom stereocenters. The Kier molecular flexibility index (Phi) is 3.91. The number of amides is 1. The van der Waals surface area contributed by atoms with Crippen molar-refractivity contribution < 1.29 is 4.79 Å². The molecule has 98 valence electrons. The molecule has 3 N–H and O–H groups in total. The van der Waals surface area contributed by atoms with E-state index in [0.29, 0.717) is 17.0 Å². The molecule has 0 bridgehead atoms. The van der Waals surface area contributed by atoms with Crippen molar-refractivity contribution in [1.82, 2.24) is 9.78 Å². The summed E-state index contributed by atoms with van der Waals surface area (Å²) in [5.41, 5.74) is 7.74. The van der Waals surface area contributed by atoms with E-state index in [1.54, 1.807) is 17.9 Å². The van der Waals surface area contributed by atoms with E-state index in [9.17, 15) is 4.79 Å². The Morgan fingerprint density at radius 2 is 2.11 bits per heavy atom. The number of aromatic nitrogens is 2. The number of thiocarbonyl (C=S) groups is 1. The van der Waals surface area contributed by atoms with Gasteiger partial charge < -0.3 is 11.1 Å². The average Bonchev–Trinajstić information content (AvgIpc) is 2.78. The van der Waals surface area contributed by atoms with Gasteiger partial charge in [-0.3, -0.25) is 9.48 Å². The summed E-state index contributed by atoms with van der Waals surface area (Å²) in [6.45, 7) is 0. The Morgan fingerprint density at radius 3 is 2.63 bits per heavy atom. The highest BCUT2D eigenvalue weighted by Gasteiger charge is 2.07. The number of carbonyl (C=O) groups excluding carboxylic acids is 1. The van der Waals surface area contributed by atoms with Crippen LogP contribution in [0.15, 0.2) is 36.7 Å². The molecular weight excluding hydrogens is 260 g/mol. The lowest BCUT2D eigenvalue weighted by molar-refractivity contribution is 0.102. The first-order chi connectivity index (χ1) is 9.04. The lowest BCUT2D eigenvalue weighted by Crippen LogP contribution is -2.12. The van der Waals surface area contributed by atoms with Gasteiger partial charge in [0, 0.05) is 25.4 Å². The van der Waals surface area contributed by atoms with Crippen molar-refractivity contribution in [1.29, 1.82) is 0 Å². The van der Waals surface area contributed by atoms with Crippen molar-refractivity contribution in [2.24, 2.45) is 12.8 Å². The van der Waals surface area contributed by atoms with E-state index < -0.39 is 0 Å². The highest BCUT2D eigenvalue weighted by molar-refractivity contribution is 7.80. The van der Waals surface area contributed by atoms with Crippen LogP contribution in [0.25, 0.3) is 0 Å². The van der Waals surface area contributed by atoms with Crippen molar-refractivity contribution in [2.45, 2.75) is 6.42 Å². The highest BCUT2D eigenvalue weighted by atomic mass is 32.1. The molecule has 0 radical (unpaired) electrons. The van der Waals surface area contributed by atoms with Gasteiger partial charge in [0.25, 0.3) is 5.91 Å². The van der Waals surface area contributed by atoms with Crippen molar-refractivity contribution in [3.63, 3.8) is 0 Å². The predicted octanol–water partition coefficient (Wildman–Crippen LogP) is 1.50. The van der Waals surface area contributed by atoms with Gasteiger partial charge in [-0.15, -0.1) is 0 Å². The smallest absolute Gasteiger partial charge is 0.258 e. The van der Waals surface area contributed by atoms with Crippen LogP contribution in [0.3, 0.4) is 0 Å². The number of nitrogens with one attached hydrogen (secondary N) is 1. The number of rotatable bonds is 4. The molecule has 1 amide bonds. The highest BCUT2D eigenvalue weighted by Crippen LogP contribution is 2.11. The van der Waals surface area contributed by atoms with Crippen LogP contribution < -0.4 is 11.1 Å². The minimum Gasteiger partial charge on any atom is -0.393 e. The van der Waals surface area contributed by atoms with E-state index in [1.807, 2.05) is 24.3 Å². The van der Waals surface area contributed by atoms with Crippen LogP contribution in [0.2, 0.25) is 0 Å². The molecule has 0 aliphatic heterocycles. The Morgan fingerprint density at radius 1 is 1.42 bits per heavy atom. The van der Waals surface area contributed by atoms with Crippen LogP contribution in [0, 0.1) is 0 Å². The minimum absolute atomic E-state index is 0.185. The van der Waals surface area contributed by atoms with Crippen LogP contribution >= 0.6 is 12.2 Å². The van der Waals surface area contributed by atoms with E-state index in [4.69, 9.17) is 18.0 Å². The minimum atomic E-state index is -0.185. The van der Waals surface area contributed by atoms with Crippen molar-refractivity contribution in [3.05, 3.63) is 47.8 Å². The molecule has 0 spiro atoms. The number of hydrogen-bond donors (Lipinski definition) is 2. The topological polar surface area (TPSA) is 72.9 Å². The second kappa shape index (κ2) is 5.62.